The highest BCUT2D eigenvalue weighted by molar-refractivity contribution is 4.88. The van der Waals surface area contributed by atoms with Crippen LogP contribution in [0.15, 0.2) is 0 Å². The molecular formula is C14H30N2. The highest BCUT2D eigenvalue weighted by Crippen LogP contribution is 2.42. The van der Waals surface area contributed by atoms with E-state index in [0.29, 0.717) is 11.5 Å². The van der Waals surface area contributed by atoms with Gasteiger partial charge in [-0.25, -0.2) is 0 Å². The molecule has 0 aromatic heterocycles. The van der Waals surface area contributed by atoms with E-state index < -0.39 is 0 Å². The van der Waals surface area contributed by atoms with Gasteiger partial charge in [0.2, 0.25) is 0 Å². The summed E-state index contributed by atoms with van der Waals surface area (Å²) in [5, 5.41) is 3.60. The minimum absolute atomic E-state index is 0.237. The van der Waals surface area contributed by atoms with E-state index in [1.165, 1.54) is 32.2 Å². The highest BCUT2D eigenvalue weighted by Gasteiger charge is 2.34. The van der Waals surface area contributed by atoms with Crippen molar-refractivity contribution in [3.63, 3.8) is 0 Å². The van der Waals surface area contributed by atoms with Gasteiger partial charge in [-0.2, -0.15) is 0 Å². The molecule has 1 saturated carbocycles. The molecule has 0 bridgehead atoms. The van der Waals surface area contributed by atoms with Crippen LogP contribution in [0.25, 0.3) is 0 Å². The SMILES string of the molecule is CCC1(CNCCC(N)C(C)(C)C)CCC1. The van der Waals surface area contributed by atoms with Gasteiger partial charge in [0.1, 0.15) is 0 Å². The Morgan fingerprint density at radius 3 is 2.31 bits per heavy atom. The Hall–Kier alpha value is -0.0800. The summed E-state index contributed by atoms with van der Waals surface area (Å²) in [6.07, 6.45) is 6.68. The van der Waals surface area contributed by atoms with Gasteiger partial charge in [-0.15, -0.1) is 0 Å². The number of hydrogen-bond donors (Lipinski definition) is 2. The Kier molecular flexibility index (Phi) is 4.81. The van der Waals surface area contributed by atoms with Crippen molar-refractivity contribution in [2.45, 2.75) is 65.8 Å². The zero-order valence-corrected chi connectivity index (χ0v) is 11.6. The molecule has 0 amide bonds. The number of nitrogens with one attached hydrogen (secondary N) is 1. The summed E-state index contributed by atoms with van der Waals surface area (Å²) in [6, 6.07) is 0.305. The lowest BCUT2D eigenvalue weighted by molar-refractivity contribution is 0.123. The average Bonchev–Trinajstić information content (AvgIpc) is 2.14. The summed E-state index contributed by atoms with van der Waals surface area (Å²) < 4.78 is 0. The summed E-state index contributed by atoms with van der Waals surface area (Å²) in [5.74, 6) is 0. The van der Waals surface area contributed by atoms with Crippen LogP contribution in [0, 0.1) is 10.8 Å². The lowest BCUT2D eigenvalue weighted by Gasteiger charge is -2.41. The van der Waals surface area contributed by atoms with Gasteiger partial charge in [0.15, 0.2) is 0 Å². The minimum Gasteiger partial charge on any atom is -0.327 e. The molecule has 16 heavy (non-hydrogen) atoms. The fraction of sp³-hybridized carbons (Fsp3) is 1.00. The Balaban J connectivity index is 2.12. The first-order valence-corrected chi connectivity index (χ1v) is 6.86. The van der Waals surface area contributed by atoms with Crippen LogP contribution in [-0.2, 0) is 0 Å². The van der Waals surface area contributed by atoms with Crippen LogP contribution in [0.1, 0.15) is 59.8 Å². The van der Waals surface area contributed by atoms with Crippen LogP contribution in [0.3, 0.4) is 0 Å². The molecule has 3 N–H and O–H groups in total. The number of hydrogen-bond acceptors (Lipinski definition) is 2. The molecule has 96 valence electrons. The third-order valence-electron chi connectivity index (χ3n) is 4.41. The molecule has 1 rings (SSSR count). The zero-order chi connectivity index (χ0) is 12.2. The van der Waals surface area contributed by atoms with E-state index in [2.05, 4.69) is 33.0 Å². The first-order chi connectivity index (χ1) is 7.40. The number of rotatable bonds is 6. The van der Waals surface area contributed by atoms with Gasteiger partial charge in [0.05, 0.1) is 0 Å². The Morgan fingerprint density at radius 2 is 1.94 bits per heavy atom. The molecular weight excluding hydrogens is 196 g/mol. The van der Waals surface area contributed by atoms with Crippen molar-refractivity contribution in [3.8, 4) is 0 Å². The van der Waals surface area contributed by atoms with E-state index in [9.17, 15) is 0 Å². The number of nitrogens with two attached hydrogens (primary N) is 1. The smallest absolute Gasteiger partial charge is 0.00997 e. The molecule has 1 fully saturated rings. The van der Waals surface area contributed by atoms with Crippen molar-refractivity contribution in [2.24, 2.45) is 16.6 Å². The van der Waals surface area contributed by atoms with E-state index in [1.54, 1.807) is 0 Å². The van der Waals surface area contributed by atoms with Crippen LogP contribution < -0.4 is 11.1 Å². The largest absolute Gasteiger partial charge is 0.327 e. The first-order valence-electron chi connectivity index (χ1n) is 6.86. The molecule has 2 heteroatoms. The van der Waals surface area contributed by atoms with Crippen molar-refractivity contribution in [3.05, 3.63) is 0 Å². The molecule has 0 aliphatic heterocycles. The van der Waals surface area contributed by atoms with E-state index in [0.717, 1.165) is 13.0 Å². The second kappa shape index (κ2) is 5.50. The van der Waals surface area contributed by atoms with Crippen LogP contribution in [0.5, 0.6) is 0 Å². The van der Waals surface area contributed by atoms with Crippen LogP contribution >= 0.6 is 0 Å². The summed E-state index contributed by atoms with van der Waals surface area (Å²) in [7, 11) is 0. The van der Waals surface area contributed by atoms with E-state index in [4.69, 9.17) is 5.73 Å². The van der Waals surface area contributed by atoms with Gasteiger partial charge in [-0.1, -0.05) is 34.1 Å². The van der Waals surface area contributed by atoms with E-state index >= 15 is 0 Å². The maximum Gasteiger partial charge on any atom is 0.00997 e. The molecule has 0 aromatic carbocycles. The second-order valence-corrected chi connectivity index (χ2v) is 6.65. The normalized spacial score (nSPS) is 21.6. The molecule has 0 saturated heterocycles. The summed E-state index contributed by atoms with van der Waals surface area (Å²) in [6.45, 7) is 11.2. The predicted octanol–water partition coefficient (Wildman–Crippen LogP) is 2.92. The molecule has 0 heterocycles. The fourth-order valence-electron chi connectivity index (χ4n) is 2.38. The van der Waals surface area contributed by atoms with Crippen molar-refractivity contribution >= 4 is 0 Å². The standard InChI is InChI=1S/C14H30N2/c1-5-14(8-6-9-14)11-16-10-7-12(15)13(2,3)4/h12,16H,5-11,15H2,1-4H3. The minimum atomic E-state index is 0.237. The van der Waals surface area contributed by atoms with Gasteiger partial charge >= 0.3 is 0 Å². The second-order valence-electron chi connectivity index (χ2n) is 6.65. The fourth-order valence-corrected chi connectivity index (χ4v) is 2.38. The van der Waals surface area contributed by atoms with Gasteiger partial charge in [-0.3, -0.25) is 0 Å². The van der Waals surface area contributed by atoms with Crippen molar-refractivity contribution in [2.75, 3.05) is 13.1 Å². The lowest BCUT2D eigenvalue weighted by atomic mass is 9.67. The third-order valence-corrected chi connectivity index (χ3v) is 4.41. The molecule has 1 unspecified atom stereocenters. The summed E-state index contributed by atoms with van der Waals surface area (Å²) in [5.41, 5.74) is 7.01. The Bertz CT molecular complexity index is 196. The first kappa shape index (κ1) is 14.0. The Morgan fingerprint density at radius 1 is 1.31 bits per heavy atom. The average molecular weight is 226 g/mol. The molecule has 1 aliphatic rings. The quantitative estimate of drug-likeness (QED) is 0.683. The van der Waals surface area contributed by atoms with Gasteiger partial charge in [0, 0.05) is 12.6 Å². The lowest BCUT2D eigenvalue weighted by Crippen LogP contribution is -2.42. The van der Waals surface area contributed by atoms with Gasteiger partial charge in [-0.05, 0) is 43.1 Å². The zero-order valence-electron chi connectivity index (χ0n) is 11.6. The monoisotopic (exact) mass is 226 g/mol. The maximum absolute atomic E-state index is 6.14. The van der Waals surface area contributed by atoms with Crippen LogP contribution in [0.2, 0.25) is 0 Å². The van der Waals surface area contributed by atoms with Crippen LogP contribution in [0.4, 0.5) is 0 Å². The molecule has 0 aromatic rings. The van der Waals surface area contributed by atoms with Crippen molar-refractivity contribution in [1.82, 2.24) is 5.32 Å². The topological polar surface area (TPSA) is 38.0 Å². The van der Waals surface area contributed by atoms with Crippen molar-refractivity contribution in [1.29, 1.82) is 0 Å². The summed E-state index contributed by atoms with van der Waals surface area (Å²) in [4.78, 5) is 0. The third kappa shape index (κ3) is 3.74. The Labute approximate surface area is 101 Å². The molecule has 1 atom stereocenters. The maximum atomic E-state index is 6.14. The van der Waals surface area contributed by atoms with Gasteiger partial charge in [0.25, 0.3) is 0 Å². The van der Waals surface area contributed by atoms with E-state index in [-0.39, 0.29) is 5.41 Å². The molecule has 0 spiro atoms. The van der Waals surface area contributed by atoms with Gasteiger partial charge < -0.3 is 11.1 Å². The predicted molar refractivity (Wildman–Crippen MR) is 71.5 cm³/mol. The summed E-state index contributed by atoms with van der Waals surface area (Å²) >= 11 is 0. The molecule has 1 aliphatic carbocycles. The van der Waals surface area contributed by atoms with Crippen LogP contribution in [-0.4, -0.2) is 19.1 Å². The highest BCUT2D eigenvalue weighted by atomic mass is 14.9. The van der Waals surface area contributed by atoms with Crippen molar-refractivity contribution < 1.29 is 0 Å². The molecule has 2 nitrogen and oxygen atoms in total. The van der Waals surface area contributed by atoms with E-state index in [1.807, 2.05) is 0 Å². The molecule has 0 radical (unpaired) electrons.